The van der Waals surface area contributed by atoms with E-state index in [-0.39, 0.29) is 24.5 Å². The Morgan fingerprint density at radius 3 is 2.07 bits per heavy atom. The van der Waals surface area contributed by atoms with E-state index < -0.39 is 6.10 Å². The van der Waals surface area contributed by atoms with Crippen molar-refractivity contribution in [3.8, 4) is 28.7 Å². The number of rotatable bonds is 4. The van der Waals surface area contributed by atoms with Crippen molar-refractivity contribution in [1.29, 1.82) is 0 Å². The van der Waals surface area contributed by atoms with E-state index in [0.717, 1.165) is 16.7 Å². The van der Waals surface area contributed by atoms with E-state index in [4.69, 9.17) is 28.4 Å². The number of hydrogen-bond acceptors (Lipinski definition) is 7. The minimum Gasteiger partial charge on any atom is -0.493 e. The number of hydrogen-bond donors (Lipinski definition) is 1. The first-order valence-electron chi connectivity index (χ1n) is 9.65. The molecule has 0 saturated carbocycles. The van der Waals surface area contributed by atoms with Gasteiger partial charge in [0.1, 0.15) is 0 Å². The summed E-state index contributed by atoms with van der Waals surface area (Å²) in [5.41, 5.74) is 2.90. The molecule has 1 fully saturated rings. The second-order valence-electron chi connectivity index (χ2n) is 7.58. The van der Waals surface area contributed by atoms with E-state index >= 15 is 0 Å². The first-order chi connectivity index (χ1) is 14.2. The molecule has 0 radical (unpaired) electrons. The van der Waals surface area contributed by atoms with Crippen LogP contribution in [0.4, 0.5) is 0 Å². The van der Waals surface area contributed by atoms with Crippen LogP contribution in [0.2, 0.25) is 0 Å². The maximum Gasteiger partial charge on any atom is 0.231 e. The number of benzene rings is 2. The van der Waals surface area contributed by atoms with Gasteiger partial charge in [-0.3, -0.25) is 0 Å². The molecule has 3 aliphatic rings. The maximum atomic E-state index is 11.1. The van der Waals surface area contributed by atoms with Crippen molar-refractivity contribution in [2.24, 2.45) is 11.8 Å². The number of fused-ring (bicyclic) bond motifs is 3. The van der Waals surface area contributed by atoms with Crippen molar-refractivity contribution >= 4 is 0 Å². The van der Waals surface area contributed by atoms with E-state index in [1.165, 1.54) is 0 Å². The second kappa shape index (κ2) is 7.00. The summed E-state index contributed by atoms with van der Waals surface area (Å²) in [5, 5.41) is 11.1. The highest BCUT2D eigenvalue weighted by Crippen LogP contribution is 2.55. The molecule has 0 aromatic heterocycles. The predicted octanol–water partition coefficient (Wildman–Crippen LogP) is 2.88. The lowest BCUT2D eigenvalue weighted by Gasteiger charge is -2.38. The van der Waals surface area contributed by atoms with Crippen molar-refractivity contribution in [2.45, 2.75) is 12.0 Å². The van der Waals surface area contributed by atoms with Crippen molar-refractivity contribution in [3.63, 3.8) is 0 Å². The summed E-state index contributed by atoms with van der Waals surface area (Å²) in [5.74, 6) is 3.25. The lowest BCUT2D eigenvalue weighted by molar-refractivity contribution is 0.0687. The Hall–Kier alpha value is -2.64. The number of aliphatic hydroxyl groups is 1. The van der Waals surface area contributed by atoms with E-state index in [1.54, 1.807) is 21.3 Å². The monoisotopic (exact) mass is 400 g/mol. The highest BCUT2D eigenvalue weighted by molar-refractivity contribution is 5.59. The summed E-state index contributed by atoms with van der Waals surface area (Å²) in [6, 6.07) is 7.85. The van der Waals surface area contributed by atoms with Gasteiger partial charge in [0.2, 0.25) is 12.5 Å². The van der Waals surface area contributed by atoms with Crippen LogP contribution in [0.1, 0.15) is 28.7 Å². The van der Waals surface area contributed by atoms with Gasteiger partial charge in [-0.15, -0.1) is 0 Å². The Morgan fingerprint density at radius 1 is 0.828 bits per heavy atom. The molecule has 0 amide bonds. The number of ether oxygens (including phenoxy) is 6. The molecule has 2 aromatic rings. The van der Waals surface area contributed by atoms with Crippen LogP contribution in [0.25, 0.3) is 0 Å². The van der Waals surface area contributed by atoms with E-state index in [1.807, 2.05) is 24.3 Å². The van der Waals surface area contributed by atoms with Gasteiger partial charge in [-0.05, 0) is 41.0 Å². The fraction of sp³-hybridized carbons (Fsp3) is 0.455. The molecule has 5 rings (SSSR count). The summed E-state index contributed by atoms with van der Waals surface area (Å²) in [6.07, 6.45) is -0.606. The maximum absolute atomic E-state index is 11.1. The first-order valence-corrected chi connectivity index (χ1v) is 9.65. The molecule has 0 spiro atoms. The molecule has 1 aliphatic carbocycles. The Bertz CT molecular complexity index is 916. The summed E-state index contributed by atoms with van der Waals surface area (Å²) in [4.78, 5) is 0. The van der Waals surface area contributed by atoms with Gasteiger partial charge in [-0.2, -0.15) is 0 Å². The van der Waals surface area contributed by atoms with Crippen LogP contribution in [-0.4, -0.2) is 46.4 Å². The number of aliphatic hydroxyl groups excluding tert-OH is 1. The third-order valence-corrected chi connectivity index (χ3v) is 6.28. The Labute approximate surface area is 169 Å². The molecule has 2 heterocycles. The van der Waals surface area contributed by atoms with Gasteiger partial charge in [0.15, 0.2) is 23.0 Å². The molecule has 154 valence electrons. The minimum atomic E-state index is -0.606. The SMILES string of the molecule is COc1cc(C2c3cc4c(cc3C(O)[C@H]3COC[C@@H]23)OCO4)cc(OC)c1OC. The molecule has 29 heavy (non-hydrogen) atoms. The third kappa shape index (κ3) is 2.72. The molecule has 1 N–H and O–H groups in total. The van der Waals surface area contributed by atoms with Crippen LogP contribution in [-0.2, 0) is 4.74 Å². The molecular weight excluding hydrogens is 376 g/mol. The normalized spacial score (nSPS) is 26.6. The third-order valence-electron chi connectivity index (χ3n) is 6.28. The zero-order valence-electron chi connectivity index (χ0n) is 16.6. The lowest BCUT2D eigenvalue weighted by atomic mass is 9.66. The minimum absolute atomic E-state index is 0.00645. The largest absolute Gasteiger partial charge is 0.493 e. The summed E-state index contributed by atoms with van der Waals surface area (Å²) >= 11 is 0. The van der Waals surface area contributed by atoms with Gasteiger partial charge in [0, 0.05) is 17.8 Å². The molecule has 2 unspecified atom stereocenters. The van der Waals surface area contributed by atoms with Crippen LogP contribution < -0.4 is 23.7 Å². The standard InChI is InChI=1S/C22H24O7/c1-24-18-4-11(5-19(25-2)22(18)26-3)20-12-6-16-17(29-10-28-16)7-13(12)21(23)15-9-27-8-14(15)20/h4-7,14-15,20-21,23H,8-10H2,1-3H3/t14-,15+,20?,21?/m1/s1. The second-order valence-corrected chi connectivity index (χ2v) is 7.58. The van der Waals surface area contributed by atoms with Gasteiger partial charge in [0.05, 0.1) is 40.6 Å². The van der Waals surface area contributed by atoms with Crippen molar-refractivity contribution < 1.29 is 33.5 Å². The van der Waals surface area contributed by atoms with Crippen molar-refractivity contribution in [1.82, 2.24) is 0 Å². The summed E-state index contributed by atoms with van der Waals surface area (Å²) in [6.45, 7) is 1.30. The van der Waals surface area contributed by atoms with E-state index in [2.05, 4.69) is 0 Å². The fourth-order valence-corrected chi connectivity index (χ4v) is 4.92. The van der Waals surface area contributed by atoms with Gasteiger partial charge in [-0.1, -0.05) is 0 Å². The van der Waals surface area contributed by atoms with Crippen LogP contribution in [0.3, 0.4) is 0 Å². The van der Waals surface area contributed by atoms with Crippen LogP contribution in [0.5, 0.6) is 28.7 Å². The molecule has 1 saturated heterocycles. The lowest BCUT2D eigenvalue weighted by Crippen LogP contribution is -2.33. The fourth-order valence-electron chi connectivity index (χ4n) is 4.92. The zero-order chi connectivity index (χ0) is 20.1. The van der Waals surface area contributed by atoms with Gasteiger partial charge in [-0.25, -0.2) is 0 Å². The van der Waals surface area contributed by atoms with Crippen molar-refractivity contribution in [3.05, 3.63) is 41.0 Å². The Balaban J connectivity index is 1.71. The molecule has 0 bridgehead atoms. The Kier molecular flexibility index (Phi) is 4.44. The zero-order valence-corrected chi connectivity index (χ0v) is 16.6. The van der Waals surface area contributed by atoms with Crippen LogP contribution in [0.15, 0.2) is 24.3 Å². The van der Waals surface area contributed by atoms with Crippen LogP contribution >= 0.6 is 0 Å². The van der Waals surface area contributed by atoms with Gasteiger partial charge < -0.3 is 33.5 Å². The van der Waals surface area contributed by atoms with Gasteiger partial charge in [0.25, 0.3) is 0 Å². The number of methoxy groups -OCH3 is 3. The highest BCUT2D eigenvalue weighted by Gasteiger charge is 2.47. The highest BCUT2D eigenvalue weighted by atomic mass is 16.7. The van der Waals surface area contributed by atoms with E-state index in [0.29, 0.717) is 42.0 Å². The molecule has 2 aromatic carbocycles. The average molecular weight is 400 g/mol. The average Bonchev–Trinajstić information content (AvgIpc) is 3.41. The Morgan fingerprint density at radius 2 is 1.45 bits per heavy atom. The summed E-state index contributed by atoms with van der Waals surface area (Å²) in [7, 11) is 4.81. The van der Waals surface area contributed by atoms with Gasteiger partial charge >= 0.3 is 0 Å². The topological polar surface area (TPSA) is 75.6 Å². The molecule has 4 atom stereocenters. The first kappa shape index (κ1) is 18.4. The molecular formula is C22H24O7. The smallest absolute Gasteiger partial charge is 0.231 e. The predicted molar refractivity (Wildman–Crippen MR) is 103 cm³/mol. The summed E-state index contributed by atoms with van der Waals surface area (Å²) < 4.78 is 33.6. The van der Waals surface area contributed by atoms with Crippen molar-refractivity contribution in [2.75, 3.05) is 41.3 Å². The molecule has 7 nitrogen and oxygen atoms in total. The quantitative estimate of drug-likeness (QED) is 0.846. The van der Waals surface area contributed by atoms with E-state index in [9.17, 15) is 5.11 Å². The van der Waals surface area contributed by atoms with Crippen LogP contribution in [0, 0.1) is 11.8 Å². The molecule has 2 aliphatic heterocycles. The molecule has 7 heteroatoms.